The van der Waals surface area contributed by atoms with Gasteiger partial charge in [-0.1, -0.05) is 51.3 Å². The average molecular weight is 480 g/mol. The molecular weight excluding hydrogens is 463 g/mol. The summed E-state index contributed by atoms with van der Waals surface area (Å²) in [6, 6.07) is 8.38. The van der Waals surface area contributed by atoms with Gasteiger partial charge in [0.25, 0.3) is 0 Å². The number of carbonyl (C=O) groups is 1. The van der Waals surface area contributed by atoms with Crippen molar-refractivity contribution in [1.82, 2.24) is 4.31 Å². The number of halogens is 3. The number of benzene rings is 2. The number of hydrogen-bond acceptors (Lipinski definition) is 3. The molecule has 0 spiro atoms. The second-order valence-electron chi connectivity index (χ2n) is 5.76. The minimum absolute atomic E-state index is 0.0221. The van der Waals surface area contributed by atoms with Gasteiger partial charge < -0.3 is 5.32 Å². The summed E-state index contributed by atoms with van der Waals surface area (Å²) in [6.07, 6.45) is 0. The van der Waals surface area contributed by atoms with Crippen LogP contribution in [0.3, 0.4) is 0 Å². The summed E-state index contributed by atoms with van der Waals surface area (Å²) in [5.41, 5.74) is 2.59. The van der Waals surface area contributed by atoms with E-state index in [1.165, 1.54) is 19.2 Å². The number of rotatable bonds is 5. The number of amides is 1. The quantitative estimate of drug-likeness (QED) is 0.679. The molecule has 0 aromatic heterocycles. The normalized spacial score (nSPS) is 11.7. The fourth-order valence-corrected chi connectivity index (χ4v) is 5.30. The van der Waals surface area contributed by atoms with Crippen LogP contribution in [-0.2, 0) is 14.8 Å². The van der Waals surface area contributed by atoms with Gasteiger partial charge in [-0.05, 0) is 43.2 Å². The Morgan fingerprint density at radius 3 is 2.35 bits per heavy atom. The zero-order valence-electron chi connectivity index (χ0n) is 14.3. The van der Waals surface area contributed by atoms with Crippen LogP contribution in [0.2, 0.25) is 10.0 Å². The lowest BCUT2D eigenvalue weighted by atomic mass is 10.1. The van der Waals surface area contributed by atoms with Crippen LogP contribution in [-0.4, -0.2) is 32.2 Å². The highest BCUT2D eigenvalue weighted by Gasteiger charge is 2.28. The number of aryl methyl sites for hydroxylation is 1. The smallest absolute Gasteiger partial charge is 0.246 e. The predicted molar refractivity (Wildman–Crippen MR) is 109 cm³/mol. The van der Waals surface area contributed by atoms with Gasteiger partial charge in [-0.2, -0.15) is 4.31 Å². The second-order valence-corrected chi connectivity index (χ2v) is 9.47. The van der Waals surface area contributed by atoms with Crippen LogP contribution in [0.25, 0.3) is 0 Å². The van der Waals surface area contributed by atoms with Crippen molar-refractivity contribution in [3.63, 3.8) is 0 Å². The summed E-state index contributed by atoms with van der Waals surface area (Å²) in [7, 11) is -2.74. The third-order valence-electron chi connectivity index (χ3n) is 3.88. The first-order valence-electron chi connectivity index (χ1n) is 7.51. The highest BCUT2D eigenvalue weighted by atomic mass is 79.9. The van der Waals surface area contributed by atoms with Gasteiger partial charge in [-0.25, -0.2) is 8.42 Å². The summed E-state index contributed by atoms with van der Waals surface area (Å²) < 4.78 is 27.0. The maximum atomic E-state index is 12.8. The van der Waals surface area contributed by atoms with Crippen LogP contribution in [0, 0.1) is 13.8 Å². The third-order valence-corrected chi connectivity index (χ3v) is 7.06. The molecule has 0 aliphatic rings. The molecular formula is C17H17BrCl2N2O3S. The molecule has 1 amide bonds. The van der Waals surface area contributed by atoms with Crippen molar-refractivity contribution in [2.24, 2.45) is 0 Å². The minimum atomic E-state index is -4.03. The monoisotopic (exact) mass is 478 g/mol. The number of sulfonamides is 1. The first kappa shape index (κ1) is 21.2. The largest absolute Gasteiger partial charge is 0.325 e. The fraction of sp³-hybridized carbons (Fsp3) is 0.235. The molecule has 1 N–H and O–H groups in total. The van der Waals surface area contributed by atoms with Crippen molar-refractivity contribution in [2.45, 2.75) is 18.7 Å². The molecule has 0 aliphatic carbocycles. The highest BCUT2D eigenvalue weighted by Crippen LogP contribution is 2.34. The summed E-state index contributed by atoms with van der Waals surface area (Å²) >= 11 is 15.3. The molecule has 0 atom stereocenters. The maximum Gasteiger partial charge on any atom is 0.246 e. The molecule has 0 aliphatic heterocycles. The van der Waals surface area contributed by atoms with Crippen LogP contribution < -0.4 is 5.32 Å². The van der Waals surface area contributed by atoms with Gasteiger partial charge in [0.1, 0.15) is 4.90 Å². The Morgan fingerprint density at radius 2 is 1.77 bits per heavy atom. The second kappa shape index (κ2) is 8.27. The summed E-state index contributed by atoms with van der Waals surface area (Å²) in [5, 5.41) is 2.68. The summed E-state index contributed by atoms with van der Waals surface area (Å²) in [4.78, 5) is 12.1. The Bertz CT molecular complexity index is 941. The molecule has 2 aromatic carbocycles. The van der Waals surface area contributed by atoms with E-state index in [9.17, 15) is 13.2 Å². The fourth-order valence-electron chi connectivity index (χ4n) is 2.29. The van der Waals surface area contributed by atoms with Crippen molar-refractivity contribution in [2.75, 3.05) is 18.9 Å². The van der Waals surface area contributed by atoms with Gasteiger partial charge >= 0.3 is 0 Å². The Hall–Kier alpha value is -1.12. The van der Waals surface area contributed by atoms with E-state index in [0.29, 0.717) is 10.2 Å². The molecule has 9 heteroatoms. The van der Waals surface area contributed by atoms with Crippen LogP contribution >= 0.6 is 39.1 Å². The van der Waals surface area contributed by atoms with Gasteiger partial charge in [0.15, 0.2) is 0 Å². The molecule has 26 heavy (non-hydrogen) atoms. The van der Waals surface area contributed by atoms with E-state index < -0.39 is 15.9 Å². The molecule has 0 heterocycles. The molecule has 2 rings (SSSR count). The van der Waals surface area contributed by atoms with Crippen molar-refractivity contribution in [1.29, 1.82) is 0 Å². The zero-order valence-corrected chi connectivity index (χ0v) is 18.2. The van der Waals surface area contributed by atoms with E-state index in [-0.39, 0.29) is 21.5 Å². The van der Waals surface area contributed by atoms with Crippen LogP contribution in [0.4, 0.5) is 5.69 Å². The van der Waals surface area contributed by atoms with Gasteiger partial charge in [-0.3, -0.25) is 4.79 Å². The molecule has 0 fully saturated rings. The molecule has 140 valence electrons. The van der Waals surface area contributed by atoms with Crippen LogP contribution in [0.5, 0.6) is 0 Å². The molecule has 0 radical (unpaired) electrons. The lowest BCUT2D eigenvalue weighted by molar-refractivity contribution is -0.116. The van der Waals surface area contributed by atoms with Gasteiger partial charge in [0, 0.05) is 17.2 Å². The Kier molecular flexibility index (Phi) is 6.74. The topological polar surface area (TPSA) is 66.5 Å². The minimum Gasteiger partial charge on any atom is -0.325 e. The number of hydrogen-bond donors (Lipinski definition) is 1. The Labute approximate surface area is 171 Å². The maximum absolute atomic E-state index is 12.8. The Morgan fingerprint density at radius 1 is 1.19 bits per heavy atom. The summed E-state index contributed by atoms with van der Waals surface area (Å²) in [5.74, 6) is -0.464. The first-order chi connectivity index (χ1) is 12.0. The van der Waals surface area contributed by atoms with Crippen molar-refractivity contribution in [3.05, 3.63) is 56.0 Å². The van der Waals surface area contributed by atoms with Gasteiger partial charge in [0.05, 0.1) is 16.6 Å². The van der Waals surface area contributed by atoms with E-state index in [1.807, 2.05) is 26.0 Å². The van der Waals surface area contributed by atoms with E-state index in [4.69, 9.17) is 23.2 Å². The molecule has 0 unspecified atom stereocenters. The number of nitrogens with one attached hydrogen (secondary N) is 1. The molecule has 0 bridgehead atoms. The van der Waals surface area contributed by atoms with E-state index in [1.54, 1.807) is 6.07 Å². The molecule has 0 saturated carbocycles. The van der Waals surface area contributed by atoms with Gasteiger partial charge in [0.2, 0.25) is 15.9 Å². The van der Waals surface area contributed by atoms with E-state index in [2.05, 4.69) is 21.2 Å². The summed E-state index contributed by atoms with van der Waals surface area (Å²) in [6.45, 7) is 3.43. The van der Waals surface area contributed by atoms with E-state index in [0.717, 1.165) is 15.4 Å². The highest BCUT2D eigenvalue weighted by molar-refractivity contribution is 9.10. The first-order valence-corrected chi connectivity index (χ1v) is 10.5. The lowest BCUT2D eigenvalue weighted by Gasteiger charge is -2.19. The molecule has 0 saturated heterocycles. The lowest BCUT2D eigenvalue weighted by Crippen LogP contribution is -2.35. The Balaban J connectivity index is 2.22. The van der Waals surface area contributed by atoms with E-state index >= 15 is 0 Å². The SMILES string of the molecule is Cc1cccc(NC(=O)CN(C)S(=O)(=O)c2c(Cl)cc(Br)cc2Cl)c1C. The van der Waals surface area contributed by atoms with Crippen LogP contribution in [0.15, 0.2) is 39.7 Å². The van der Waals surface area contributed by atoms with Crippen molar-refractivity contribution < 1.29 is 13.2 Å². The molecule has 2 aromatic rings. The van der Waals surface area contributed by atoms with Crippen LogP contribution in [0.1, 0.15) is 11.1 Å². The number of carbonyl (C=O) groups excluding carboxylic acids is 1. The average Bonchev–Trinajstić information content (AvgIpc) is 2.50. The molecule has 5 nitrogen and oxygen atoms in total. The predicted octanol–water partition coefficient (Wildman–Crippen LogP) is 4.63. The number of anilines is 1. The zero-order chi connectivity index (χ0) is 19.6. The van der Waals surface area contributed by atoms with Crippen molar-refractivity contribution in [3.8, 4) is 0 Å². The number of nitrogens with zero attached hydrogens (tertiary/aromatic N) is 1. The standard InChI is InChI=1S/C17H17BrCl2N2O3S/c1-10-5-4-6-15(11(10)2)21-16(23)9-22(3)26(24,25)17-13(19)7-12(18)8-14(17)20/h4-8H,9H2,1-3H3,(H,21,23). The van der Waals surface area contributed by atoms with Gasteiger partial charge in [-0.15, -0.1) is 0 Å². The van der Waals surface area contributed by atoms with Crippen molar-refractivity contribution >= 4 is 60.7 Å². The third kappa shape index (κ3) is 4.58. The number of likely N-dealkylation sites (N-methyl/N-ethyl adjacent to an activating group) is 1.